The van der Waals surface area contributed by atoms with Crippen LogP contribution in [0.1, 0.15) is 45.6 Å². The molecule has 1 amide bonds. The number of halogens is 1. The Morgan fingerprint density at radius 3 is 2.73 bits per heavy atom. The summed E-state index contributed by atoms with van der Waals surface area (Å²) < 4.78 is 15.5. The number of benzene rings is 1. The monoisotopic (exact) mass is 303 g/mol. The molecule has 1 aromatic heterocycles. The van der Waals surface area contributed by atoms with E-state index in [4.69, 9.17) is 0 Å². The molecule has 1 aliphatic carbocycles. The van der Waals surface area contributed by atoms with Gasteiger partial charge in [-0.2, -0.15) is 0 Å². The third kappa shape index (κ3) is 2.98. The zero-order valence-corrected chi connectivity index (χ0v) is 13.1. The van der Waals surface area contributed by atoms with Crippen molar-refractivity contribution in [3.8, 4) is 0 Å². The Kier molecular flexibility index (Phi) is 4.14. The van der Waals surface area contributed by atoms with Crippen LogP contribution in [0.2, 0.25) is 0 Å². The first-order valence-corrected chi connectivity index (χ1v) is 7.97. The molecule has 1 heterocycles. The number of carbonyl (C=O) groups excluding carboxylic acids is 1. The molecule has 2 aromatic rings. The molecule has 4 nitrogen and oxygen atoms in total. The van der Waals surface area contributed by atoms with Crippen molar-refractivity contribution in [1.29, 1.82) is 0 Å². The molecule has 1 aromatic carbocycles. The van der Waals surface area contributed by atoms with Crippen molar-refractivity contribution in [2.75, 3.05) is 0 Å². The zero-order chi connectivity index (χ0) is 15.7. The van der Waals surface area contributed by atoms with Gasteiger partial charge in [0.2, 0.25) is 5.91 Å². The lowest BCUT2D eigenvalue weighted by molar-refractivity contribution is -0.126. The van der Waals surface area contributed by atoms with E-state index >= 15 is 0 Å². The van der Waals surface area contributed by atoms with Crippen molar-refractivity contribution in [2.45, 2.75) is 51.6 Å². The van der Waals surface area contributed by atoms with E-state index in [1.54, 1.807) is 18.5 Å². The second-order valence-electron chi connectivity index (χ2n) is 6.45. The normalized spacial score (nSPS) is 22.2. The van der Waals surface area contributed by atoms with Crippen LogP contribution in [-0.4, -0.2) is 21.5 Å². The van der Waals surface area contributed by atoms with Crippen molar-refractivity contribution in [3.05, 3.63) is 30.3 Å². The Bertz CT molecular complexity index is 672. The van der Waals surface area contributed by atoms with Crippen molar-refractivity contribution >= 4 is 16.9 Å². The minimum Gasteiger partial charge on any atom is -0.354 e. The number of amides is 1. The number of rotatable bonds is 3. The Morgan fingerprint density at radius 2 is 2.05 bits per heavy atom. The number of imidazole rings is 1. The maximum absolute atomic E-state index is 13.5. The van der Waals surface area contributed by atoms with Crippen LogP contribution in [0.5, 0.6) is 0 Å². The van der Waals surface area contributed by atoms with Crippen molar-refractivity contribution in [3.63, 3.8) is 0 Å². The first kappa shape index (κ1) is 15.0. The minimum atomic E-state index is -0.237. The highest BCUT2D eigenvalue weighted by Crippen LogP contribution is 2.34. The number of hydrogen-bond donors (Lipinski definition) is 1. The molecule has 1 N–H and O–H groups in total. The Labute approximate surface area is 129 Å². The third-order valence-electron chi connectivity index (χ3n) is 4.43. The van der Waals surface area contributed by atoms with Crippen molar-refractivity contribution in [2.24, 2.45) is 5.92 Å². The highest BCUT2D eigenvalue weighted by Gasteiger charge is 2.28. The quantitative estimate of drug-likeness (QED) is 0.944. The molecule has 0 bridgehead atoms. The molecule has 5 heteroatoms. The summed E-state index contributed by atoms with van der Waals surface area (Å²) in [6, 6.07) is 5.18. The average Bonchev–Trinajstić information content (AvgIpc) is 2.89. The van der Waals surface area contributed by atoms with Crippen LogP contribution in [-0.2, 0) is 4.79 Å². The fourth-order valence-electron chi connectivity index (χ4n) is 3.31. The lowest BCUT2D eigenvalue weighted by Gasteiger charge is -2.29. The molecule has 0 aliphatic heterocycles. The summed E-state index contributed by atoms with van der Waals surface area (Å²) in [4.78, 5) is 16.4. The molecule has 0 unspecified atom stereocenters. The Hall–Kier alpha value is -1.91. The molecule has 1 aliphatic rings. The van der Waals surface area contributed by atoms with Crippen LogP contribution >= 0.6 is 0 Å². The fourth-order valence-corrected chi connectivity index (χ4v) is 3.31. The maximum atomic E-state index is 13.5. The predicted octanol–water partition coefficient (Wildman–Crippen LogP) is 3.43. The lowest BCUT2D eigenvalue weighted by Crippen LogP contribution is -2.37. The molecule has 0 atom stereocenters. The summed E-state index contributed by atoms with van der Waals surface area (Å²) in [7, 11) is 0. The summed E-state index contributed by atoms with van der Waals surface area (Å²) in [6.45, 7) is 3.96. The van der Waals surface area contributed by atoms with Crippen LogP contribution in [0.4, 0.5) is 4.39 Å². The molecule has 1 saturated carbocycles. The highest BCUT2D eigenvalue weighted by molar-refractivity contribution is 5.79. The fraction of sp³-hybridized carbons (Fsp3) is 0.529. The third-order valence-corrected chi connectivity index (χ3v) is 4.43. The van der Waals surface area contributed by atoms with Crippen molar-refractivity contribution < 1.29 is 9.18 Å². The number of fused-ring (bicyclic) bond motifs is 1. The minimum absolute atomic E-state index is 0.102. The smallest absolute Gasteiger partial charge is 0.223 e. The number of nitrogens with zero attached hydrogens (tertiary/aromatic N) is 2. The van der Waals surface area contributed by atoms with E-state index in [0.717, 1.165) is 36.7 Å². The van der Waals surface area contributed by atoms with Gasteiger partial charge in [-0.15, -0.1) is 0 Å². The van der Waals surface area contributed by atoms with Crippen molar-refractivity contribution in [1.82, 2.24) is 14.9 Å². The van der Waals surface area contributed by atoms with Gasteiger partial charge in [-0.3, -0.25) is 4.79 Å². The molecule has 0 saturated heterocycles. The van der Waals surface area contributed by atoms with Gasteiger partial charge >= 0.3 is 0 Å². The Morgan fingerprint density at radius 1 is 1.32 bits per heavy atom. The van der Waals surface area contributed by atoms with Gasteiger partial charge < -0.3 is 9.88 Å². The molecule has 1 fully saturated rings. The van der Waals surface area contributed by atoms with E-state index in [1.165, 1.54) is 6.07 Å². The number of carbonyl (C=O) groups is 1. The number of hydrogen-bond acceptors (Lipinski definition) is 2. The predicted molar refractivity (Wildman–Crippen MR) is 84.0 cm³/mol. The summed E-state index contributed by atoms with van der Waals surface area (Å²) in [5.41, 5.74) is 1.66. The van der Waals surface area contributed by atoms with Crippen LogP contribution in [0.15, 0.2) is 24.5 Å². The van der Waals surface area contributed by atoms with Gasteiger partial charge in [0.15, 0.2) is 0 Å². The van der Waals surface area contributed by atoms with Gasteiger partial charge in [0.1, 0.15) is 5.82 Å². The molecular formula is C17H22FN3O. The lowest BCUT2D eigenvalue weighted by atomic mass is 9.85. The summed E-state index contributed by atoms with van der Waals surface area (Å²) in [6.07, 6.45) is 5.40. The van der Waals surface area contributed by atoms with E-state index in [-0.39, 0.29) is 23.7 Å². The SMILES string of the molecule is CC(C)NC(=O)C1CCC(n2cnc3ccc(F)cc32)CC1. The van der Waals surface area contributed by atoms with Gasteiger partial charge in [0.05, 0.1) is 17.4 Å². The molecule has 22 heavy (non-hydrogen) atoms. The second kappa shape index (κ2) is 6.07. The van der Waals surface area contributed by atoms with Gasteiger partial charge in [0, 0.05) is 18.0 Å². The summed E-state index contributed by atoms with van der Waals surface area (Å²) >= 11 is 0. The number of aromatic nitrogens is 2. The van der Waals surface area contributed by atoms with Crippen LogP contribution in [0.3, 0.4) is 0 Å². The van der Waals surface area contributed by atoms with Gasteiger partial charge in [-0.1, -0.05) is 0 Å². The summed E-state index contributed by atoms with van der Waals surface area (Å²) in [5, 5.41) is 2.99. The van der Waals surface area contributed by atoms with E-state index in [1.807, 2.05) is 13.8 Å². The average molecular weight is 303 g/mol. The van der Waals surface area contributed by atoms with E-state index in [2.05, 4.69) is 14.9 Å². The second-order valence-corrected chi connectivity index (χ2v) is 6.45. The van der Waals surface area contributed by atoms with Crippen LogP contribution in [0, 0.1) is 11.7 Å². The van der Waals surface area contributed by atoms with E-state index < -0.39 is 0 Å². The van der Waals surface area contributed by atoms with Crippen LogP contribution in [0.25, 0.3) is 11.0 Å². The highest BCUT2D eigenvalue weighted by atomic mass is 19.1. The molecular weight excluding hydrogens is 281 g/mol. The van der Waals surface area contributed by atoms with E-state index in [9.17, 15) is 9.18 Å². The van der Waals surface area contributed by atoms with Crippen LogP contribution < -0.4 is 5.32 Å². The number of nitrogens with one attached hydrogen (secondary N) is 1. The summed E-state index contributed by atoms with van der Waals surface area (Å²) in [5.74, 6) is 0.0272. The van der Waals surface area contributed by atoms with Gasteiger partial charge in [-0.05, 0) is 57.7 Å². The topological polar surface area (TPSA) is 46.9 Å². The maximum Gasteiger partial charge on any atom is 0.223 e. The molecule has 0 radical (unpaired) electrons. The zero-order valence-electron chi connectivity index (χ0n) is 13.1. The molecule has 118 valence electrons. The molecule has 0 spiro atoms. The Balaban J connectivity index is 1.70. The first-order chi connectivity index (χ1) is 10.5. The largest absolute Gasteiger partial charge is 0.354 e. The van der Waals surface area contributed by atoms with E-state index in [0.29, 0.717) is 6.04 Å². The molecule has 3 rings (SSSR count). The van der Waals surface area contributed by atoms with Gasteiger partial charge in [-0.25, -0.2) is 9.37 Å². The standard InChI is InChI=1S/C17H22FN3O/c1-11(2)20-17(22)12-3-6-14(7-4-12)21-10-19-15-8-5-13(18)9-16(15)21/h5,8-12,14H,3-4,6-7H2,1-2H3,(H,20,22). The first-order valence-electron chi connectivity index (χ1n) is 7.97. The van der Waals surface area contributed by atoms with Gasteiger partial charge in [0.25, 0.3) is 0 Å².